The largest absolute Gasteiger partial charge is 0.497 e. The maximum absolute atomic E-state index is 12.9. The molecule has 1 aliphatic rings. The van der Waals surface area contributed by atoms with Gasteiger partial charge in [-0.05, 0) is 36.4 Å². The van der Waals surface area contributed by atoms with Crippen molar-refractivity contribution in [1.29, 1.82) is 0 Å². The predicted molar refractivity (Wildman–Crippen MR) is 118 cm³/mol. The van der Waals surface area contributed by atoms with E-state index in [9.17, 15) is 9.18 Å². The van der Waals surface area contributed by atoms with Crippen LogP contribution in [0.1, 0.15) is 19.3 Å². The van der Waals surface area contributed by atoms with Crippen molar-refractivity contribution < 1.29 is 18.7 Å². The first-order chi connectivity index (χ1) is 14.6. The van der Waals surface area contributed by atoms with Gasteiger partial charge in [0.05, 0.1) is 17.3 Å². The number of carbonyl (C=O) groups is 1. The smallest absolute Gasteiger partial charge is 0.274 e. The summed E-state index contributed by atoms with van der Waals surface area (Å²) < 4.78 is 25.3. The number of carbonyl (C=O) groups excluding carboxylic acids is 1. The number of piperidine rings is 1. The summed E-state index contributed by atoms with van der Waals surface area (Å²) in [5.41, 5.74) is 0.876. The molecule has 0 radical (unpaired) electrons. The van der Waals surface area contributed by atoms with Crippen LogP contribution in [0.5, 0.6) is 10.9 Å². The lowest BCUT2D eigenvalue weighted by Gasteiger charge is -2.31. The van der Waals surface area contributed by atoms with Crippen LogP contribution in [0.25, 0.3) is 10.2 Å². The Morgan fingerprint density at radius 2 is 2.00 bits per heavy atom. The molecular weight excluding hydrogens is 423 g/mol. The second-order valence-electron chi connectivity index (χ2n) is 7.06. The summed E-state index contributed by atoms with van der Waals surface area (Å²) in [5, 5.41) is 0.665. The molecule has 158 valence electrons. The van der Waals surface area contributed by atoms with Gasteiger partial charge in [0.2, 0.25) is 5.91 Å². The van der Waals surface area contributed by atoms with Crippen LogP contribution in [0.2, 0.25) is 0 Å². The van der Waals surface area contributed by atoms with Crippen LogP contribution in [0.4, 0.5) is 4.39 Å². The van der Waals surface area contributed by atoms with Gasteiger partial charge in [-0.15, -0.1) is 11.8 Å². The number of aromatic nitrogens is 1. The number of amides is 1. The normalized spacial score (nSPS) is 14.8. The van der Waals surface area contributed by atoms with Crippen LogP contribution in [0.15, 0.2) is 47.4 Å². The number of methoxy groups -OCH3 is 1. The average molecular weight is 447 g/mol. The van der Waals surface area contributed by atoms with Gasteiger partial charge in [0.15, 0.2) is 0 Å². The monoisotopic (exact) mass is 446 g/mol. The van der Waals surface area contributed by atoms with Crippen molar-refractivity contribution in [2.45, 2.75) is 30.3 Å². The van der Waals surface area contributed by atoms with Crippen molar-refractivity contribution >= 4 is 39.2 Å². The van der Waals surface area contributed by atoms with Crippen molar-refractivity contribution in [3.63, 3.8) is 0 Å². The maximum Gasteiger partial charge on any atom is 0.274 e. The third-order valence-electron chi connectivity index (χ3n) is 5.04. The summed E-state index contributed by atoms with van der Waals surface area (Å²) in [7, 11) is 1.64. The lowest BCUT2D eigenvalue weighted by Crippen LogP contribution is -2.41. The van der Waals surface area contributed by atoms with Gasteiger partial charge in [-0.1, -0.05) is 11.3 Å². The highest BCUT2D eigenvalue weighted by atomic mass is 32.2. The van der Waals surface area contributed by atoms with E-state index in [0.29, 0.717) is 30.5 Å². The summed E-state index contributed by atoms with van der Waals surface area (Å²) in [6.07, 6.45) is 2.16. The van der Waals surface area contributed by atoms with Gasteiger partial charge in [0.25, 0.3) is 5.19 Å². The number of benzene rings is 2. The summed E-state index contributed by atoms with van der Waals surface area (Å²) in [4.78, 5) is 19.9. The number of thioether (sulfide) groups is 1. The number of hydrogen-bond acceptors (Lipinski definition) is 6. The number of fused-ring (bicyclic) bond motifs is 1. The first-order valence-corrected chi connectivity index (χ1v) is 11.7. The molecule has 4 rings (SSSR count). The number of rotatable bonds is 7. The van der Waals surface area contributed by atoms with Crippen LogP contribution < -0.4 is 9.47 Å². The minimum atomic E-state index is -0.244. The zero-order valence-electron chi connectivity index (χ0n) is 16.7. The minimum absolute atomic E-state index is 0.0742. The van der Waals surface area contributed by atoms with E-state index in [0.717, 1.165) is 33.7 Å². The zero-order valence-corrected chi connectivity index (χ0v) is 18.3. The van der Waals surface area contributed by atoms with Crippen molar-refractivity contribution in [2.75, 3.05) is 26.0 Å². The molecule has 30 heavy (non-hydrogen) atoms. The Labute approximate surface area is 183 Å². The molecule has 2 aromatic carbocycles. The van der Waals surface area contributed by atoms with Crippen LogP contribution in [0, 0.1) is 5.82 Å². The van der Waals surface area contributed by atoms with Crippen molar-refractivity contribution in [3.8, 4) is 10.9 Å². The molecule has 0 atom stereocenters. The minimum Gasteiger partial charge on any atom is -0.497 e. The molecule has 0 saturated carbocycles. The van der Waals surface area contributed by atoms with Gasteiger partial charge >= 0.3 is 0 Å². The fourth-order valence-electron chi connectivity index (χ4n) is 3.37. The zero-order chi connectivity index (χ0) is 20.9. The second-order valence-corrected chi connectivity index (χ2v) is 9.23. The third kappa shape index (κ3) is 5.23. The fraction of sp³-hybridized carbons (Fsp3) is 0.364. The molecule has 8 heteroatoms. The van der Waals surface area contributed by atoms with Crippen LogP contribution in [-0.2, 0) is 4.79 Å². The molecule has 0 bridgehead atoms. The van der Waals surface area contributed by atoms with Crippen molar-refractivity contribution in [1.82, 2.24) is 9.88 Å². The number of likely N-dealkylation sites (tertiary alicyclic amines) is 1. The lowest BCUT2D eigenvalue weighted by molar-refractivity contribution is -0.132. The van der Waals surface area contributed by atoms with Gasteiger partial charge in [-0.3, -0.25) is 4.79 Å². The summed E-state index contributed by atoms with van der Waals surface area (Å²) in [5.74, 6) is 1.39. The molecule has 0 spiro atoms. The maximum atomic E-state index is 12.9. The molecule has 2 heterocycles. The number of ether oxygens (including phenoxy) is 2. The molecule has 3 aromatic rings. The Morgan fingerprint density at radius 3 is 2.73 bits per heavy atom. The molecule has 0 N–H and O–H groups in total. The molecular formula is C22H23FN2O3S2. The summed E-state index contributed by atoms with van der Waals surface area (Å²) >= 11 is 3.11. The Hall–Kier alpha value is -2.32. The predicted octanol–water partition coefficient (Wildman–Crippen LogP) is 5.00. The van der Waals surface area contributed by atoms with E-state index in [1.807, 2.05) is 23.1 Å². The Morgan fingerprint density at radius 1 is 1.23 bits per heavy atom. The van der Waals surface area contributed by atoms with Gasteiger partial charge in [-0.25, -0.2) is 9.37 Å². The number of hydrogen-bond donors (Lipinski definition) is 0. The van der Waals surface area contributed by atoms with Gasteiger partial charge in [0, 0.05) is 49.1 Å². The van der Waals surface area contributed by atoms with E-state index in [2.05, 4.69) is 4.98 Å². The fourth-order valence-corrected chi connectivity index (χ4v) is 5.08. The Kier molecular flexibility index (Phi) is 6.74. The number of nitrogens with zero attached hydrogens (tertiary/aromatic N) is 2. The third-order valence-corrected chi connectivity index (χ3v) is 6.98. The number of thiazole rings is 1. The Bertz CT molecular complexity index is 1000. The van der Waals surface area contributed by atoms with Gasteiger partial charge in [-0.2, -0.15) is 0 Å². The van der Waals surface area contributed by atoms with Gasteiger partial charge in [0.1, 0.15) is 17.7 Å². The topological polar surface area (TPSA) is 51.7 Å². The molecule has 1 fully saturated rings. The molecule has 0 unspecified atom stereocenters. The van der Waals surface area contributed by atoms with E-state index in [1.54, 1.807) is 31.0 Å². The summed E-state index contributed by atoms with van der Waals surface area (Å²) in [6, 6.07) is 12.2. The first-order valence-electron chi connectivity index (χ1n) is 9.88. The Balaban J connectivity index is 1.22. The van der Waals surface area contributed by atoms with E-state index in [4.69, 9.17) is 9.47 Å². The van der Waals surface area contributed by atoms with E-state index in [-0.39, 0.29) is 17.8 Å². The van der Waals surface area contributed by atoms with Gasteiger partial charge < -0.3 is 14.4 Å². The average Bonchev–Trinajstić information content (AvgIpc) is 3.17. The highest BCUT2D eigenvalue weighted by molar-refractivity contribution is 7.99. The van der Waals surface area contributed by atoms with E-state index in [1.165, 1.54) is 23.5 Å². The highest BCUT2D eigenvalue weighted by Gasteiger charge is 2.24. The van der Waals surface area contributed by atoms with E-state index >= 15 is 0 Å². The first kappa shape index (κ1) is 20.9. The molecule has 1 aromatic heterocycles. The quantitative estimate of drug-likeness (QED) is 0.478. The van der Waals surface area contributed by atoms with E-state index < -0.39 is 0 Å². The molecule has 5 nitrogen and oxygen atoms in total. The molecule has 1 aliphatic heterocycles. The number of halogens is 1. The second kappa shape index (κ2) is 9.66. The highest BCUT2D eigenvalue weighted by Crippen LogP contribution is 2.32. The molecule has 0 aliphatic carbocycles. The lowest BCUT2D eigenvalue weighted by atomic mass is 10.1. The van der Waals surface area contributed by atoms with Crippen molar-refractivity contribution in [3.05, 3.63) is 48.3 Å². The van der Waals surface area contributed by atoms with Crippen LogP contribution in [-0.4, -0.2) is 47.8 Å². The van der Waals surface area contributed by atoms with Crippen molar-refractivity contribution in [2.24, 2.45) is 0 Å². The molecule has 1 amide bonds. The van der Waals surface area contributed by atoms with Crippen LogP contribution in [0.3, 0.4) is 0 Å². The van der Waals surface area contributed by atoms with Crippen LogP contribution >= 0.6 is 23.1 Å². The molecule has 1 saturated heterocycles. The summed E-state index contributed by atoms with van der Waals surface area (Å²) in [6.45, 7) is 1.40. The SMILES string of the molecule is COc1ccc2sc(OC3CCN(C(=O)CCSc4ccc(F)cc4)CC3)nc2c1. The standard InChI is InChI=1S/C22H23FN2O3S2/c1-27-17-4-7-20-19(14-17)24-22(30-20)28-16-8-11-25(12-9-16)21(26)10-13-29-18-5-2-15(23)3-6-18/h2-7,14,16H,8-13H2,1H3.